The molecule has 11 heteroatoms. The molecule has 0 saturated carbocycles. The maximum absolute atomic E-state index is 13.8. The van der Waals surface area contributed by atoms with E-state index in [4.69, 9.17) is 34.8 Å². The summed E-state index contributed by atoms with van der Waals surface area (Å²) in [6.45, 7) is 8.44. The van der Waals surface area contributed by atoms with Gasteiger partial charge in [0.05, 0.1) is 11.9 Å². The third-order valence-electron chi connectivity index (χ3n) is 5.43. The number of benzene rings is 2. The van der Waals surface area contributed by atoms with Gasteiger partial charge in [0.2, 0.25) is 21.8 Å². The number of amides is 2. The number of halogens is 3. The second-order valence-electron chi connectivity index (χ2n) is 9.57. The van der Waals surface area contributed by atoms with E-state index in [1.807, 2.05) is 20.8 Å². The van der Waals surface area contributed by atoms with Crippen LogP contribution < -0.4 is 9.62 Å². The summed E-state index contributed by atoms with van der Waals surface area (Å²) in [4.78, 5) is 28.3. The second kappa shape index (κ2) is 12.0. The van der Waals surface area contributed by atoms with Gasteiger partial charge in [0.15, 0.2) is 0 Å². The maximum atomic E-state index is 13.8. The SMILES string of the molecule is CC[C@@H](C(=O)NC(C)(C)C)N(Cc1ccc(Cl)cc1Cl)C(=O)CN(c1cccc(Cl)c1C)S(C)(=O)=O. The zero-order chi connectivity index (χ0) is 27.4. The van der Waals surface area contributed by atoms with Crippen LogP contribution in [-0.4, -0.2) is 49.5 Å². The van der Waals surface area contributed by atoms with E-state index in [1.165, 1.54) is 4.90 Å². The maximum Gasteiger partial charge on any atom is 0.244 e. The van der Waals surface area contributed by atoms with Gasteiger partial charge in [-0.2, -0.15) is 0 Å². The molecule has 0 bridgehead atoms. The van der Waals surface area contributed by atoms with Gasteiger partial charge in [-0.05, 0) is 69.5 Å². The zero-order valence-electron chi connectivity index (χ0n) is 21.2. The molecule has 1 atom stereocenters. The summed E-state index contributed by atoms with van der Waals surface area (Å²) in [6.07, 6.45) is 1.32. The summed E-state index contributed by atoms with van der Waals surface area (Å²) in [6, 6.07) is 8.83. The normalized spacial score (nSPS) is 12.7. The highest BCUT2D eigenvalue weighted by molar-refractivity contribution is 7.92. The second-order valence-corrected chi connectivity index (χ2v) is 12.7. The number of hydrogen-bond donors (Lipinski definition) is 1. The van der Waals surface area contributed by atoms with Crippen LogP contribution in [0, 0.1) is 6.92 Å². The fraction of sp³-hybridized carbons (Fsp3) is 0.440. The lowest BCUT2D eigenvalue weighted by Crippen LogP contribution is -2.55. The molecule has 198 valence electrons. The van der Waals surface area contributed by atoms with E-state index < -0.39 is 34.1 Å². The topological polar surface area (TPSA) is 86.8 Å². The van der Waals surface area contributed by atoms with E-state index in [0.29, 0.717) is 32.6 Å². The first-order chi connectivity index (χ1) is 16.5. The highest BCUT2D eigenvalue weighted by Crippen LogP contribution is 2.29. The van der Waals surface area contributed by atoms with Crippen LogP contribution in [0.15, 0.2) is 36.4 Å². The summed E-state index contributed by atoms with van der Waals surface area (Å²) in [7, 11) is -3.87. The molecule has 0 radical (unpaired) electrons. The van der Waals surface area contributed by atoms with Crippen molar-refractivity contribution >= 4 is 62.3 Å². The van der Waals surface area contributed by atoms with Crippen LogP contribution in [0.5, 0.6) is 0 Å². The molecule has 36 heavy (non-hydrogen) atoms. The molecule has 0 aliphatic carbocycles. The molecule has 0 spiro atoms. The average molecular weight is 577 g/mol. The van der Waals surface area contributed by atoms with E-state index >= 15 is 0 Å². The molecule has 0 aliphatic rings. The van der Waals surface area contributed by atoms with Gasteiger partial charge in [0.1, 0.15) is 12.6 Å². The van der Waals surface area contributed by atoms with Crippen molar-refractivity contribution in [1.82, 2.24) is 10.2 Å². The Bertz CT molecular complexity index is 1230. The Morgan fingerprint density at radius 2 is 1.69 bits per heavy atom. The Morgan fingerprint density at radius 1 is 1.06 bits per heavy atom. The molecular weight excluding hydrogens is 545 g/mol. The lowest BCUT2D eigenvalue weighted by Gasteiger charge is -2.35. The summed E-state index contributed by atoms with van der Waals surface area (Å²) in [5, 5.41) is 4.04. The summed E-state index contributed by atoms with van der Waals surface area (Å²) in [5.41, 5.74) is 0.840. The molecule has 2 aromatic carbocycles. The van der Waals surface area contributed by atoms with Gasteiger partial charge in [-0.15, -0.1) is 0 Å². The number of anilines is 1. The molecule has 2 aromatic rings. The molecule has 0 fully saturated rings. The van der Waals surface area contributed by atoms with E-state index in [2.05, 4.69) is 5.32 Å². The molecule has 1 N–H and O–H groups in total. The number of sulfonamides is 1. The highest BCUT2D eigenvalue weighted by Gasteiger charge is 2.33. The Morgan fingerprint density at radius 3 is 2.22 bits per heavy atom. The Labute approximate surface area is 228 Å². The number of carbonyl (C=O) groups is 2. The van der Waals surface area contributed by atoms with Crippen molar-refractivity contribution in [2.24, 2.45) is 0 Å². The number of nitrogens with one attached hydrogen (secondary N) is 1. The number of hydrogen-bond acceptors (Lipinski definition) is 4. The molecule has 2 amide bonds. The van der Waals surface area contributed by atoms with Crippen molar-refractivity contribution in [2.45, 2.75) is 59.2 Å². The van der Waals surface area contributed by atoms with Crippen LogP contribution in [-0.2, 0) is 26.2 Å². The number of rotatable bonds is 9. The average Bonchev–Trinajstić information content (AvgIpc) is 2.73. The van der Waals surface area contributed by atoms with Gasteiger partial charge in [0.25, 0.3) is 0 Å². The molecule has 0 unspecified atom stereocenters. The Balaban J connectivity index is 2.54. The van der Waals surface area contributed by atoms with E-state index in [0.717, 1.165) is 10.6 Å². The summed E-state index contributed by atoms with van der Waals surface area (Å²) in [5.74, 6) is -0.921. The van der Waals surface area contributed by atoms with Crippen molar-refractivity contribution in [3.05, 3.63) is 62.6 Å². The van der Waals surface area contributed by atoms with Crippen LogP contribution >= 0.6 is 34.8 Å². The van der Waals surface area contributed by atoms with E-state index in [1.54, 1.807) is 50.2 Å². The summed E-state index contributed by atoms with van der Waals surface area (Å²) < 4.78 is 26.5. The smallest absolute Gasteiger partial charge is 0.244 e. The lowest BCUT2D eigenvalue weighted by atomic mass is 10.1. The minimum atomic E-state index is -3.87. The molecule has 2 rings (SSSR count). The minimum absolute atomic E-state index is 0.0168. The molecule has 0 aliphatic heterocycles. The van der Waals surface area contributed by atoms with Crippen molar-refractivity contribution < 1.29 is 18.0 Å². The first-order valence-corrected chi connectivity index (χ1v) is 14.3. The lowest BCUT2D eigenvalue weighted by molar-refractivity contribution is -0.141. The van der Waals surface area contributed by atoms with Gasteiger partial charge in [-0.25, -0.2) is 8.42 Å². The Kier molecular flexibility index (Phi) is 10.1. The monoisotopic (exact) mass is 575 g/mol. The van der Waals surface area contributed by atoms with Gasteiger partial charge >= 0.3 is 0 Å². The quantitative estimate of drug-likeness (QED) is 0.430. The van der Waals surface area contributed by atoms with Crippen LogP contribution in [0.25, 0.3) is 0 Å². The zero-order valence-corrected chi connectivity index (χ0v) is 24.3. The van der Waals surface area contributed by atoms with Crippen LogP contribution in [0.1, 0.15) is 45.2 Å². The third-order valence-corrected chi connectivity index (χ3v) is 7.55. The molecule has 0 saturated heterocycles. The summed E-state index contributed by atoms with van der Waals surface area (Å²) >= 11 is 18.6. The standard InChI is InChI=1S/C25H32Cl3N3O4S/c1-7-21(24(33)29-25(3,4)5)30(14-17-11-12-18(26)13-20(17)28)23(32)15-31(36(6,34)35)22-10-8-9-19(27)16(22)2/h8-13,21H,7,14-15H2,1-6H3,(H,29,33)/t21-/m0/s1. The Hall–Kier alpha value is -2.00. The van der Waals surface area contributed by atoms with Gasteiger partial charge < -0.3 is 10.2 Å². The fourth-order valence-corrected chi connectivity index (χ4v) is 5.20. The molecular formula is C25H32Cl3N3O4S. The first kappa shape index (κ1) is 30.2. The van der Waals surface area contributed by atoms with Crippen molar-refractivity contribution in [3.8, 4) is 0 Å². The fourth-order valence-electron chi connectivity index (χ4n) is 3.67. The minimum Gasteiger partial charge on any atom is -0.350 e. The highest BCUT2D eigenvalue weighted by atomic mass is 35.5. The molecule has 0 heterocycles. The van der Waals surface area contributed by atoms with E-state index in [9.17, 15) is 18.0 Å². The third kappa shape index (κ3) is 8.00. The number of carbonyl (C=O) groups excluding carboxylic acids is 2. The van der Waals surface area contributed by atoms with Crippen molar-refractivity contribution in [1.29, 1.82) is 0 Å². The number of nitrogens with zero attached hydrogens (tertiary/aromatic N) is 2. The van der Waals surface area contributed by atoms with Crippen LogP contribution in [0.4, 0.5) is 5.69 Å². The van der Waals surface area contributed by atoms with Crippen molar-refractivity contribution in [3.63, 3.8) is 0 Å². The van der Waals surface area contributed by atoms with Gasteiger partial charge in [-0.3, -0.25) is 13.9 Å². The first-order valence-electron chi connectivity index (χ1n) is 11.3. The van der Waals surface area contributed by atoms with Crippen LogP contribution in [0.3, 0.4) is 0 Å². The predicted molar refractivity (Wildman–Crippen MR) is 147 cm³/mol. The largest absolute Gasteiger partial charge is 0.350 e. The predicted octanol–water partition coefficient (Wildman–Crippen LogP) is 5.44. The molecule has 7 nitrogen and oxygen atoms in total. The van der Waals surface area contributed by atoms with Crippen molar-refractivity contribution in [2.75, 3.05) is 17.1 Å². The molecule has 0 aromatic heterocycles. The van der Waals surface area contributed by atoms with E-state index in [-0.39, 0.29) is 18.1 Å². The van der Waals surface area contributed by atoms with Gasteiger partial charge in [0, 0.05) is 27.2 Å². The van der Waals surface area contributed by atoms with Gasteiger partial charge in [-0.1, -0.05) is 53.9 Å². The van der Waals surface area contributed by atoms with Crippen LogP contribution in [0.2, 0.25) is 15.1 Å².